The molecule has 0 amide bonds. The van der Waals surface area contributed by atoms with Crippen LogP contribution < -0.4 is 4.74 Å². The highest BCUT2D eigenvalue weighted by Crippen LogP contribution is 2.36. The van der Waals surface area contributed by atoms with Crippen LogP contribution in [0, 0.1) is 5.92 Å². The average molecular weight is 392 g/mol. The zero-order valence-corrected chi connectivity index (χ0v) is 13.7. The second-order valence-corrected chi connectivity index (χ2v) is 6.60. The van der Waals surface area contributed by atoms with Crippen LogP contribution in [0.15, 0.2) is 21.1 Å². The summed E-state index contributed by atoms with van der Waals surface area (Å²) >= 11 is 6.75. The fourth-order valence-electron chi connectivity index (χ4n) is 2.38. The van der Waals surface area contributed by atoms with E-state index in [-0.39, 0.29) is 5.56 Å². The lowest BCUT2D eigenvalue weighted by Crippen LogP contribution is -2.15. The first kappa shape index (κ1) is 14.9. The second kappa shape index (κ2) is 6.75. The van der Waals surface area contributed by atoms with Crippen LogP contribution in [0.1, 0.15) is 42.5 Å². The smallest absolute Gasteiger partial charge is 0.335 e. The summed E-state index contributed by atoms with van der Waals surface area (Å²) in [7, 11) is 0. The number of carboxylic acid groups (broad SMARTS) is 1. The van der Waals surface area contributed by atoms with Crippen molar-refractivity contribution in [3.63, 3.8) is 0 Å². The summed E-state index contributed by atoms with van der Waals surface area (Å²) < 4.78 is 7.21. The van der Waals surface area contributed by atoms with Crippen LogP contribution >= 0.6 is 31.9 Å². The Morgan fingerprint density at radius 3 is 2.32 bits per heavy atom. The topological polar surface area (TPSA) is 46.5 Å². The third-order valence-electron chi connectivity index (χ3n) is 3.43. The van der Waals surface area contributed by atoms with Crippen molar-refractivity contribution in [3.8, 4) is 5.75 Å². The number of halogens is 2. The molecule has 1 saturated carbocycles. The molecule has 0 atom stereocenters. The molecule has 104 valence electrons. The van der Waals surface area contributed by atoms with Crippen LogP contribution in [0.25, 0.3) is 0 Å². The van der Waals surface area contributed by atoms with Gasteiger partial charge < -0.3 is 9.84 Å². The predicted molar refractivity (Wildman–Crippen MR) is 80.9 cm³/mol. The predicted octanol–water partition coefficient (Wildman–Crippen LogP) is 4.87. The summed E-state index contributed by atoms with van der Waals surface area (Å²) in [6.45, 7) is 0.698. The van der Waals surface area contributed by atoms with Gasteiger partial charge in [0.2, 0.25) is 0 Å². The molecule has 5 heteroatoms. The van der Waals surface area contributed by atoms with Gasteiger partial charge in [-0.2, -0.15) is 0 Å². The van der Waals surface area contributed by atoms with Crippen molar-refractivity contribution in [2.75, 3.05) is 6.61 Å². The molecule has 1 aromatic carbocycles. The van der Waals surface area contributed by atoms with E-state index in [0.717, 1.165) is 0 Å². The van der Waals surface area contributed by atoms with Gasteiger partial charge in [0.25, 0.3) is 0 Å². The average Bonchev–Trinajstić information content (AvgIpc) is 2.38. The van der Waals surface area contributed by atoms with E-state index < -0.39 is 5.97 Å². The lowest BCUT2D eigenvalue weighted by Gasteiger charge is -2.22. The summed E-state index contributed by atoms with van der Waals surface area (Å²) in [6, 6.07) is 3.15. The highest BCUT2D eigenvalue weighted by molar-refractivity contribution is 9.11. The standard InChI is InChI=1S/C14H16Br2O3/c15-11-6-10(14(17)18)7-12(16)13(11)19-8-9-4-2-1-3-5-9/h6-7,9H,1-5,8H2,(H,17,18). The van der Waals surface area contributed by atoms with Gasteiger partial charge in [-0.1, -0.05) is 19.3 Å². The molecule has 1 aliphatic carbocycles. The molecule has 0 unspecified atom stereocenters. The van der Waals surface area contributed by atoms with Gasteiger partial charge in [-0.3, -0.25) is 0 Å². The van der Waals surface area contributed by atoms with Crippen LogP contribution in [0.4, 0.5) is 0 Å². The van der Waals surface area contributed by atoms with E-state index in [1.165, 1.54) is 32.1 Å². The number of hydrogen-bond acceptors (Lipinski definition) is 2. The van der Waals surface area contributed by atoms with E-state index in [1.54, 1.807) is 12.1 Å². The van der Waals surface area contributed by atoms with Crippen LogP contribution in [0.3, 0.4) is 0 Å². The number of ether oxygens (including phenoxy) is 1. The molecule has 1 fully saturated rings. The molecule has 3 nitrogen and oxygen atoms in total. The Morgan fingerprint density at radius 2 is 1.79 bits per heavy atom. The zero-order valence-electron chi connectivity index (χ0n) is 10.5. The third kappa shape index (κ3) is 3.96. The first-order chi connectivity index (χ1) is 9.08. The van der Waals surface area contributed by atoms with Gasteiger partial charge >= 0.3 is 5.97 Å². The van der Waals surface area contributed by atoms with Crippen molar-refractivity contribution in [1.82, 2.24) is 0 Å². The number of carboxylic acids is 1. The molecule has 0 aromatic heterocycles. The number of aromatic carboxylic acids is 1. The van der Waals surface area contributed by atoms with Crippen LogP contribution in [-0.4, -0.2) is 17.7 Å². The summed E-state index contributed by atoms with van der Waals surface area (Å²) in [4.78, 5) is 10.9. The summed E-state index contributed by atoms with van der Waals surface area (Å²) in [6.07, 6.45) is 6.35. The fourth-order valence-corrected chi connectivity index (χ4v) is 3.79. The Hall–Kier alpha value is -0.550. The number of carbonyl (C=O) groups is 1. The van der Waals surface area contributed by atoms with E-state index in [2.05, 4.69) is 31.9 Å². The molecule has 0 saturated heterocycles. The minimum Gasteiger partial charge on any atom is -0.491 e. The molecule has 0 heterocycles. The minimum absolute atomic E-state index is 0.240. The van der Waals surface area contributed by atoms with Crippen molar-refractivity contribution in [2.45, 2.75) is 32.1 Å². The second-order valence-electron chi connectivity index (χ2n) is 4.89. The summed E-state index contributed by atoms with van der Waals surface area (Å²) in [5, 5.41) is 8.98. The van der Waals surface area contributed by atoms with E-state index in [0.29, 0.717) is 27.2 Å². The van der Waals surface area contributed by atoms with Gasteiger partial charge in [0.05, 0.1) is 21.1 Å². The summed E-state index contributed by atoms with van der Waals surface area (Å²) in [5.74, 6) is 0.363. The highest BCUT2D eigenvalue weighted by atomic mass is 79.9. The Bertz CT molecular complexity index is 445. The number of benzene rings is 1. The van der Waals surface area contributed by atoms with Crippen LogP contribution in [0.2, 0.25) is 0 Å². The molecule has 0 spiro atoms. The molecule has 1 aliphatic rings. The van der Waals surface area contributed by atoms with Crippen LogP contribution in [-0.2, 0) is 0 Å². The molecule has 1 N–H and O–H groups in total. The molecule has 2 rings (SSSR count). The largest absolute Gasteiger partial charge is 0.491 e. The monoisotopic (exact) mass is 390 g/mol. The molecule has 19 heavy (non-hydrogen) atoms. The normalized spacial score (nSPS) is 16.3. The molecular formula is C14H16Br2O3. The van der Waals surface area contributed by atoms with E-state index in [1.807, 2.05) is 0 Å². The van der Waals surface area contributed by atoms with Gasteiger partial charge in [0.15, 0.2) is 0 Å². The summed E-state index contributed by atoms with van der Waals surface area (Å²) in [5.41, 5.74) is 0.240. The fraction of sp³-hybridized carbons (Fsp3) is 0.500. The van der Waals surface area contributed by atoms with E-state index in [4.69, 9.17) is 9.84 Å². The lowest BCUT2D eigenvalue weighted by atomic mass is 9.90. The lowest BCUT2D eigenvalue weighted by molar-refractivity contribution is 0.0696. The van der Waals surface area contributed by atoms with Gasteiger partial charge in [-0.25, -0.2) is 4.79 Å². The molecule has 0 radical (unpaired) electrons. The molecule has 0 bridgehead atoms. The van der Waals surface area contributed by atoms with Crippen molar-refractivity contribution in [2.24, 2.45) is 5.92 Å². The third-order valence-corrected chi connectivity index (χ3v) is 4.61. The van der Waals surface area contributed by atoms with Gasteiger partial charge in [-0.15, -0.1) is 0 Å². The highest BCUT2D eigenvalue weighted by Gasteiger charge is 2.17. The van der Waals surface area contributed by atoms with Gasteiger partial charge in [-0.05, 0) is 62.8 Å². The Morgan fingerprint density at radius 1 is 1.21 bits per heavy atom. The number of rotatable bonds is 4. The quantitative estimate of drug-likeness (QED) is 0.796. The SMILES string of the molecule is O=C(O)c1cc(Br)c(OCC2CCCCC2)c(Br)c1. The first-order valence-electron chi connectivity index (χ1n) is 6.43. The number of hydrogen-bond donors (Lipinski definition) is 1. The Balaban J connectivity index is 2.05. The maximum atomic E-state index is 10.9. The van der Waals surface area contributed by atoms with E-state index >= 15 is 0 Å². The minimum atomic E-state index is -0.944. The first-order valence-corrected chi connectivity index (χ1v) is 8.01. The van der Waals surface area contributed by atoms with Crippen molar-refractivity contribution in [1.29, 1.82) is 0 Å². The van der Waals surface area contributed by atoms with Crippen LogP contribution in [0.5, 0.6) is 5.75 Å². The van der Waals surface area contributed by atoms with Gasteiger partial charge in [0.1, 0.15) is 5.75 Å². The Labute approximate surface area is 129 Å². The molecule has 0 aliphatic heterocycles. The maximum absolute atomic E-state index is 10.9. The van der Waals surface area contributed by atoms with Crippen molar-refractivity contribution < 1.29 is 14.6 Å². The van der Waals surface area contributed by atoms with Crippen molar-refractivity contribution >= 4 is 37.8 Å². The van der Waals surface area contributed by atoms with Crippen molar-refractivity contribution in [3.05, 3.63) is 26.6 Å². The molecule has 1 aromatic rings. The van der Waals surface area contributed by atoms with E-state index in [9.17, 15) is 4.79 Å². The maximum Gasteiger partial charge on any atom is 0.335 e. The molecular weight excluding hydrogens is 376 g/mol. The zero-order chi connectivity index (χ0) is 13.8. The Kier molecular flexibility index (Phi) is 5.28. The van der Waals surface area contributed by atoms with Gasteiger partial charge in [0, 0.05) is 0 Å².